The molecule has 1 aromatic heterocycles. The molecule has 3 atom stereocenters. The number of aliphatic hydroxyl groups excluding tert-OH is 1. The zero-order valence-electron chi connectivity index (χ0n) is 25.1. The molecule has 3 N–H and O–H groups in total. The molecule has 0 spiro atoms. The van der Waals surface area contributed by atoms with Gasteiger partial charge in [0.05, 0.1) is 25.6 Å². The second-order valence-electron chi connectivity index (χ2n) is 11.6. The molecule has 2 aliphatic rings. The van der Waals surface area contributed by atoms with Gasteiger partial charge in [-0.2, -0.15) is 4.31 Å². The number of nitrogens with zero attached hydrogens (tertiary/aromatic N) is 3. The number of fused-ring (bicyclic) bond motifs is 1. The van der Waals surface area contributed by atoms with E-state index < -0.39 is 22.2 Å². The van der Waals surface area contributed by atoms with Crippen molar-refractivity contribution in [2.24, 2.45) is 5.92 Å². The number of ether oxygens (including phenoxy) is 1. The zero-order chi connectivity index (χ0) is 30.6. The van der Waals surface area contributed by atoms with Crippen molar-refractivity contribution in [3.8, 4) is 5.75 Å². The highest BCUT2D eigenvalue weighted by atomic mass is 32.2. The first-order valence-electron chi connectivity index (χ1n) is 14.6. The summed E-state index contributed by atoms with van der Waals surface area (Å²) in [6, 6.07) is 4.52. The average molecular weight is 606 g/mol. The number of benzene rings is 1. The Balaban J connectivity index is 1.61. The Morgan fingerprint density at radius 2 is 1.95 bits per heavy atom. The molecule has 0 bridgehead atoms. The van der Waals surface area contributed by atoms with Crippen molar-refractivity contribution in [2.45, 2.75) is 89.3 Å². The third-order valence-electron chi connectivity index (χ3n) is 8.19. The molecule has 13 heteroatoms. The number of carbonyl (C=O) groups excluding carboxylic acids is 2. The van der Waals surface area contributed by atoms with Gasteiger partial charge in [-0.05, 0) is 51.8 Å². The predicted octanol–water partition coefficient (Wildman–Crippen LogP) is 3.22. The summed E-state index contributed by atoms with van der Waals surface area (Å²) in [6.07, 6.45) is 4.65. The van der Waals surface area contributed by atoms with E-state index in [-0.39, 0.29) is 66.4 Å². The van der Waals surface area contributed by atoms with E-state index in [1.54, 1.807) is 43.9 Å². The number of anilines is 1. The molecular formula is C29H43N5O7S. The number of aromatic nitrogens is 1. The summed E-state index contributed by atoms with van der Waals surface area (Å²) in [6.45, 7) is 6.81. The minimum Gasteiger partial charge on any atom is -0.488 e. The van der Waals surface area contributed by atoms with Crippen molar-refractivity contribution < 1.29 is 32.4 Å². The molecule has 1 aromatic carbocycles. The first-order valence-corrected chi connectivity index (χ1v) is 16.0. The Kier molecular flexibility index (Phi) is 10.2. The molecule has 0 unspecified atom stereocenters. The minimum atomic E-state index is -3.94. The Labute approximate surface area is 247 Å². The van der Waals surface area contributed by atoms with Crippen LogP contribution in [-0.4, -0.2) is 84.8 Å². The van der Waals surface area contributed by atoms with Crippen molar-refractivity contribution in [3.63, 3.8) is 0 Å². The molecule has 42 heavy (non-hydrogen) atoms. The fourth-order valence-corrected chi connectivity index (χ4v) is 7.14. The lowest BCUT2D eigenvalue weighted by Crippen LogP contribution is -2.48. The van der Waals surface area contributed by atoms with Gasteiger partial charge in [0.1, 0.15) is 22.4 Å². The third-order valence-corrected chi connectivity index (χ3v) is 10.3. The predicted molar refractivity (Wildman–Crippen MR) is 157 cm³/mol. The number of hydrogen-bond donors (Lipinski definition) is 3. The van der Waals surface area contributed by atoms with Gasteiger partial charge in [-0.3, -0.25) is 4.79 Å². The highest BCUT2D eigenvalue weighted by Gasteiger charge is 2.35. The highest BCUT2D eigenvalue weighted by Crippen LogP contribution is 2.30. The lowest BCUT2D eigenvalue weighted by molar-refractivity contribution is -0.134. The number of carbonyl (C=O) groups is 2. The number of likely N-dealkylation sites (N-methyl/N-ethyl adjacent to an activating group) is 1. The molecule has 2 aromatic rings. The molecule has 1 aliphatic carbocycles. The number of urea groups is 1. The van der Waals surface area contributed by atoms with E-state index in [2.05, 4.69) is 15.8 Å². The summed E-state index contributed by atoms with van der Waals surface area (Å²) in [4.78, 5) is 27.8. The maximum atomic E-state index is 13.5. The van der Waals surface area contributed by atoms with Gasteiger partial charge >= 0.3 is 6.03 Å². The van der Waals surface area contributed by atoms with Crippen molar-refractivity contribution >= 4 is 27.6 Å². The van der Waals surface area contributed by atoms with Gasteiger partial charge < -0.3 is 29.9 Å². The van der Waals surface area contributed by atoms with Crippen LogP contribution in [0.5, 0.6) is 5.75 Å². The van der Waals surface area contributed by atoms with Crippen LogP contribution in [0.25, 0.3) is 0 Å². The van der Waals surface area contributed by atoms with Gasteiger partial charge in [0.15, 0.2) is 5.76 Å². The second kappa shape index (κ2) is 13.4. The van der Waals surface area contributed by atoms with Crippen LogP contribution in [0.3, 0.4) is 0 Å². The maximum Gasteiger partial charge on any atom is 0.319 e. The van der Waals surface area contributed by atoms with Gasteiger partial charge in [-0.25, -0.2) is 13.2 Å². The standard InChI is InChI=1S/C29H43N5O7S/c1-18-15-34(19(2)17-35)27(36)14-22-13-24(31-29(37)30-23-9-7-6-8-10-23)11-12-25(22)40-26(18)16-33(5)42(38,39)28-20(3)32-41-21(28)4/h11-13,18-19,23,26,35H,6-10,14-17H2,1-5H3,(H2,30,31,37)/t18-,19+,26-/m1/s1. The fraction of sp³-hybridized carbons (Fsp3) is 0.621. The van der Waals surface area contributed by atoms with Crippen LogP contribution in [0.2, 0.25) is 0 Å². The van der Waals surface area contributed by atoms with E-state index in [1.807, 2.05) is 6.92 Å². The highest BCUT2D eigenvalue weighted by molar-refractivity contribution is 7.89. The summed E-state index contributed by atoms with van der Waals surface area (Å²) in [5, 5.41) is 19.6. The van der Waals surface area contributed by atoms with Crippen molar-refractivity contribution in [1.29, 1.82) is 0 Å². The first-order chi connectivity index (χ1) is 19.9. The molecule has 1 saturated carbocycles. The van der Waals surface area contributed by atoms with E-state index in [9.17, 15) is 23.1 Å². The molecule has 12 nitrogen and oxygen atoms in total. The molecule has 1 aliphatic heterocycles. The molecule has 0 saturated heterocycles. The normalized spacial score (nSPS) is 21.1. The number of aryl methyl sites for hydroxylation is 2. The molecule has 232 valence electrons. The Morgan fingerprint density at radius 1 is 1.24 bits per heavy atom. The number of amides is 3. The molecule has 2 heterocycles. The van der Waals surface area contributed by atoms with Crippen LogP contribution in [0.1, 0.15) is 63.0 Å². The van der Waals surface area contributed by atoms with Crippen LogP contribution < -0.4 is 15.4 Å². The SMILES string of the molecule is Cc1noc(C)c1S(=O)(=O)N(C)C[C@H]1Oc2ccc(NC(=O)NC3CCCCC3)cc2CC(=O)N([C@@H](C)CO)C[C@H]1C. The zero-order valence-corrected chi connectivity index (χ0v) is 25.9. The third kappa shape index (κ3) is 7.24. The topological polar surface area (TPSA) is 154 Å². The molecular weight excluding hydrogens is 562 g/mol. The van der Waals surface area contributed by atoms with Crippen LogP contribution in [0.15, 0.2) is 27.6 Å². The summed E-state index contributed by atoms with van der Waals surface area (Å²) < 4.78 is 39.7. The summed E-state index contributed by atoms with van der Waals surface area (Å²) in [5.41, 5.74) is 1.34. The van der Waals surface area contributed by atoms with E-state index in [4.69, 9.17) is 9.26 Å². The van der Waals surface area contributed by atoms with Crippen LogP contribution in [0, 0.1) is 19.8 Å². The van der Waals surface area contributed by atoms with Crippen molar-refractivity contribution in [2.75, 3.05) is 32.1 Å². The van der Waals surface area contributed by atoms with Gasteiger partial charge in [0.25, 0.3) is 0 Å². The van der Waals surface area contributed by atoms with Gasteiger partial charge in [0.2, 0.25) is 15.9 Å². The van der Waals surface area contributed by atoms with E-state index in [0.717, 1.165) is 25.7 Å². The second-order valence-corrected chi connectivity index (χ2v) is 13.6. The van der Waals surface area contributed by atoms with Crippen molar-refractivity contribution in [3.05, 3.63) is 35.2 Å². The number of sulfonamides is 1. The smallest absolute Gasteiger partial charge is 0.319 e. The van der Waals surface area contributed by atoms with E-state index in [0.29, 0.717) is 17.0 Å². The van der Waals surface area contributed by atoms with E-state index >= 15 is 0 Å². The minimum absolute atomic E-state index is 0.00761. The molecule has 0 radical (unpaired) electrons. The Morgan fingerprint density at radius 3 is 2.60 bits per heavy atom. The average Bonchev–Trinajstić information content (AvgIpc) is 3.31. The molecule has 3 amide bonds. The number of aliphatic hydroxyl groups is 1. The molecule has 1 fully saturated rings. The largest absolute Gasteiger partial charge is 0.488 e. The van der Waals surface area contributed by atoms with Crippen LogP contribution >= 0.6 is 0 Å². The quantitative estimate of drug-likeness (QED) is 0.415. The van der Waals surface area contributed by atoms with Gasteiger partial charge in [-0.15, -0.1) is 0 Å². The number of rotatable bonds is 8. The van der Waals surface area contributed by atoms with Crippen molar-refractivity contribution in [1.82, 2.24) is 19.7 Å². The first kappa shape index (κ1) is 31.8. The Hall–Kier alpha value is -3.16. The van der Waals surface area contributed by atoms with Crippen LogP contribution in [0.4, 0.5) is 10.5 Å². The maximum absolute atomic E-state index is 13.5. The van der Waals surface area contributed by atoms with Gasteiger partial charge in [0, 0.05) is 36.8 Å². The van der Waals surface area contributed by atoms with Gasteiger partial charge in [-0.1, -0.05) is 31.3 Å². The molecule has 4 rings (SSSR count). The summed E-state index contributed by atoms with van der Waals surface area (Å²) in [7, 11) is -2.47. The monoisotopic (exact) mass is 605 g/mol. The number of nitrogens with one attached hydrogen (secondary N) is 2. The van der Waals surface area contributed by atoms with E-state index in [1.165, 1.54) is 17.8 Å². The summed E-state index contributed by atoms with van der Waals surface area (Å²) >= 11 is 0. The fourth-order valence-electron chi connectivity index (χ4n) is 5.67. The summed E-state index contributed by atoms with van der Waals surface area (Å²) in [5.74, 6) is 0.138. The number of hydrogen-bond acceptors (Lipinski definition) is 8. The van der Waals surface area contributed by atoms with Crippen LogP contribution in [-0.2, 0) is 21.2 Å². The lowest BCUT2D eigenvalue weighted by atomic mass is 9.96. The lowest BCUT2D eigenvalue weighted by Gasteiger charge is -2.33. The Bertz CT molecular complexity index is 1350.